The quantitative estimate of drug-likeness (QED) is 0.149. The molecular weight excluding hydrogens is 492 g/mol. The van der Waals surface area contributed by atoms with Gasteiger partial charge in [0.05, 0.1) is 13.2 Å². The Kier molecular flexibility index (Phi) is 9.27. The molecular formula is C32H32F4O2. The molecule has 0 aromatic heterocycles. The Labute approximate surface area is 221 Å². The molecule has 0 amide bonds. The van der Waals surface area contributed by atoms with Crippen molar-refractivity contribution >= 4 is 6.08 Å². The predicted molar refractivity (Wildman–Crippen MR) is 143 cm³/mol. The second-order valence-electron chi connectivity index (χ2n) is 9.47. The monoisotopic (exact) mass is 524 g/mol. The van der Waals surface area contributed by atoms with E-state index in [1.165, 1.54) is 6.07 Å². The van der Waals surface area contributed by atoms with Crippen LogP contribution >= 0.6 is 0 Å². The van der Waals surface area contributed by atoms with E-state index in [0.29, 0.717) is 42.7 Å². The zero-order valence-corrected chi connectivity index (χ0v) is 21.5. The summed E-state index contributed by atoms with van der Waals surface area (Å²) in [4.78, 5) is 0. The van der Waals surface area contributed by atoms with E-state index < -0.39 is 23.3 Å². The fourth-order valence-corrected chi connectivity index (χ4v) is 4.90. The molecule has 0 heterocycles. The Balaban J connectivity index is 1.38. The topological polar surface area (TPSA) is 18.5 Å². The van der Waals surface area contributed by atoms with Gasteiger partial charge in [0.15, 0.2) is 23.2 Å². The molecule has 0 atom stereocenters. The van der Waals surface area contributed by atoms with Crippen molar-refractivity contribution in [2.24, 2.45) is 5.92 Å². The minimum atomic E-state index is -0.959. The fraction of sp³-hybridized carbons (Fsp3) is 0.312. The molecule has 0 N–H and O–H groups in total. The molecule has 38 heavy (non-hydrogen) atoms. The maximum absolute atomic E-state index is 14.9. The maximum Gasteiger partial charge on any atom is 0.200 e. The van der Waals surface area contributed by atoms with Gasteiger partial charge in [-0.25, -0.2) is 13.2 Å². The maximum atomic E-state index is 14.9. The Bertz CT molecular complexity index is 1280. The Morgan fingerprint density at radius 2 is 1.55 bits per heavy atom. The summed E-state index contributed by atoms with van der Waals surface area (Å²) in [6, 6.07) is 13.1. The van der Waals surface area contributed by atoms with Crippen LogP contribution in [0.25, 0.3) is 17.2 Å². The third-order valence-electron chi connectivity index (χ3n) is 7.00. The van der Waals surface area contributed by atoms with Gasteiger partial charge in [-0.1, -0.05) is 48.6 Å². The summed E-state index contributed by atoms with van der Waals surface area (Å²) in [5.41, 5.74) is 1.30. The van der Waals surface area contributed by atoms with E-state index in [0.717, 1.165) is 12.8 Å². The van der Waals surface area contributed by atoms with Gasteiger partial charge < -0.3 is 9.47 Å². The van der Waals surface area contributed by atoms with Gasteiger partial charge in [-0.3, -0.25) is 0 Å². The van der Waals surface area contributed by atoms with Crippen LogP contribution in [0.3, 0.4) is 0 Å². The number of rotatable bonds is 10. The molecule has 1 aliphatic carbocycles. The van der Waals surface area contributed by atoms with Crippen LogP contribution in [0.15, 0.2) is 67.3 Å². The van der Waals surface area contributed by atoms with Crippen molar-refractivity contribution in [2.45, 2.75) is 44.9 Å². The number of hydrogen-bond acceptors (Lipinski definition) is 2. The van der Waals surface area contributed by atoms with Crippen molar-refractivity contribution in [3.05, 3.63) is 102 Å². The van der Waals surface area contributed by atoms with Crippen LogP contribution in [0.4, 0.5) is 17.6 Å². The normalized spacial score (nSPS) is 17.5. The van der Waals surface area contributed by atoms with Gasteiger partial charge in [-0.2, -0.15) is 4.39 Å². The predicted octanol–water partition coefficient (Wildman–Crippen LogP) is 9.25. The van der Waals surface area contributed by atoms with E-state index in [4.69, 9.17) is 9.47 Å². The lowest BCUT2D eigenvalue weighted by molar-refractivity contribution is 0.298. The van der Waals surface area contributed by atoms with Crippen LogP contribution in [-0.2, 0) is 0 Å². The molecule has 0 radical (unpaired) electrons. The van der Waals surface area contributed by atoms with Crippen molar-refractivity contribution < 1.29 is 27.0 Å². The molecule has 200 valence electrons. The van der Waals surface area contributed by atoms with Crippen LogP contribution < -0.4 is 9.47 Å². The number of ether oxygens (including phenoxy) is 2. The fourth-order valence-electron chi connectivity index (χ4n) is 4.90. The molecule has 2 nitrogen and oxygen atoms in total. The summed E-state index contributed by atoms with van der Waals surface area (Å²) >= 11 is 0. The standard InChI is InChI=1S/C32H32F4O2/c1-3-5-20-38-28-19-18-27(31(35)32(28)36)22-9-6-21(7-10-22)8-11-24-14-17-26(30(34)29(24)33)23-12-15-25(16-13-23)37-4-2/h3,8,11-19,21-22H,1,4-7,9-10,20H2,2H3/b11-8+. The summed E-state index contributed by atoms with van der Waals surface area (Å²) in [6.45, 7) is 6.23. The zero-order valence-electron chi connectivity index (χ0n) is 21.5. The first-order chi connectivity index (χ1) is 18.4. The summed E-state index contributed by atoms with van der Waals surface area (Å²) in [5, 5.41) is 0. The summed E-state index contributed by atoms with van der Waals surface area (Å²) in [6.07, 6.45) is 8.54. The SMILES string of the molecule is C=CCCOc1ccc(C2CCC(/C=C/c3ccc(-c4ccc(OCC)cc4)c(F)c3F)CC2)c(F)c1F. The van der Waals surface area contributed by atoms with E-state index >= 15 is 0 Å². The highest BCUT2D eigenvalue weighted by molar-refractivity contribution is 5.67. The number of hydrogen-bond donors (Lipinski definition) is 0. The van der Waals surface area contributed by atoms with Crippen molar-refractivity contribution in [3.8, 4) is 22.6 Å². The Hall–Kier alpha value is -3.54. The van der Waals surface area contributed by atoms with Gasteiger partial charge in [0.1, 0.15) is 5.75 Å². The van der Waals surface area contributed by atoms with E-state index in [1.807, 2.05) is 13.0 Å². The average Bonchev–Trinajstić information content (AvgIpc) is 2.93. The third kappa shape index (κ3) is 6.29. The van der Waals surface area contributed by atoms with Crippen LogP contribution in [0, 0.1) is 29.2 Å². The van der Waals surface area contributed by atoms with Gasteiger partial charge >= 0.3 is 0 Å². The summed E-state index contributed by atoms with van der Waals surface area (Å²) < 4.78 is 69.6. The molecule has 4 rings (SSSR count). The van der Waals surface area contributed by atoms with E-state index in [2.05, 4.69) is 6.58 Å². The smallest absolute Gasteiger partial charge is 0.200 e. The number of allylic oxidation sites excluding steroid dienone is 1. The largest absolute Gasteiger partial charge is 0.494 e. The molecule has 1 saturated carbocycles. The first-order valence-electron chi connectivity index (χ1n) is 13.0. The van der Waals surface area contributed by atoms with Crippen molar-refractivity contribution in [1.82, 2.24) is 0 Å². The van der Waals surface area contributed by atoms with Gasteiger partial charge in [-0.15, -0.1) is 6.58 Å². The molecule has 6 heteroatoms. The van der Waals surface area contributed by atoms with E-state index in [9.17, 15) is 17.6 Å². The van der Waals surface area contributed by atoms with Crippen LogP contribution in [-0.4, -0.2) is 13.2 Å². The van der Waals surface area contributed by atoms with Crippen molar-refractivity contribution in [2.75, 3.05) is 13.2 Å². The summed E-state index contributed by atoms with van der Waals surface area (Å²) in [7, 11) is 0. The van der Waals surface area contributed by atoms with E-state index in [1.54, 1.807) is 54.6 Å². The third-order valence-corrected chi connectivity index (χ3v) is 7.00. The minimum absolute atomic E-state index is 0.0903. The first kappa shape index (κ1) is 27.5. The van der Waals surface area contributed by atoms with Gasteiger partial charge in [-0.05, 0) is 80.2 Å². The molecule has 1 fully saturated rings. The highest BCUT2D eigenvalue weighted by Crippen LogP contribution is 2.39. The number of benzene rings is 3. The van der Waals surface area contributed by atoms with Crippen molar-refractivity contribution in [1.29, 1.82) is 0 Å². The molecule has 3 aromatic rings. The molecule has 0 spiro atoms. The Morgan fingerprint density at radius 3 is 2.24 bits per heavy atom. The van der Waals surface area contributed by atoms with Crippen LogP contribution in [0.5, 0.6) is 11.5 Å². The minimum Gasteiger partial charge on any atom is -0.494 e. The highest BCUT2D eigenvalue weighted by atomic mass is 19.2. The Morgan fingerprint density at radius 1 is 0.816 bits per heavy atom. The molecule has 0 aliphatic heterocycles. The lowest BCUT2D eigenvalue weighted by Gasteiger charge is -2.27. The average molecular weight is 525 g/mol. The molecule has 3 aromatic carbocycles. The van der Waals surface area contributed by atoms with Gasteiger partial charge in [0.2, 0.25) is 5.82 Å². The first-order valence-corrected chi connectivity index (χ1v) is 13.0. The number of halogens is 4. The second kappa shape index (κ2) is 12.8. The van der Waals surface area contributed by atoms with Gasteiger partial charge in [0, 0.05) is 11.1 Å². The summed E-state index contributed by atoms with van der Waals surface area (Å²) in [5.74, 6) is -2.97. The lowest BCUT2D eigenvalue weighted by Crippen LogP contribution is -2.14. The molecule has 1 aliphatic rings. The lowest BCUT2D eigenvalue weighted by atomic mass is 9.78. The van der Waals surface area contributed by atoms with Crippen molar-refractivity contribution in [3.63, 3.8) is 0 Å². The van der Waals surface area contributed by atoms with Crippen LogP contribution in [0.1, 0.15) is 56.1 Å². The van der Waals surface area contributed by atoms with E-state index in [-0.39, 0.29) is 35.3 Å². The highest BCUT2D eigenvalue weighted by Gasteiger charge is 2.26. The van der Waals surface area contributed by atoms with Gasteiger partial charge in [0.25, 0.3) is 0 Å². The molecule has 0 bridgehead atoms. The van der Waals surface area contributed by atoms with Crippen LogP contribution in [0.2, 0.25) is 0 Å². The zero-order chi connectivity index (χ0) is 27.1. The molecule has 0 saturated heterocycles. The second-order valence-corrected chi connectivity index (χ2v) is 9.47. The molecule has 0 unspecified atom stereocenters.